The highest BCUT2D eigenvalue weighted by Crippen LogP contribution is 2.46. The van der Waals surface area contributed by atoms with E-state index in [1.807, 2.05) is 45.9 Å². The van der Waals surface area contributed by atoms with Gasteiger partial charge in [0, 0.05) is 124 Å². The van der Waals surface area contributed by atoms with Crippen LogP contribution in [0, 0.1) is 0 Å². The minimum atomic E-state index is -0.0189. The number of benzene rings is 8. The number of aromatic nitrogens is 8. The van der Waals surface area contributed by atoms with Gasteiger partial charge in [-0.3, -0.25) is 9.59 Å². The molecule has 0 spiro atoms. The molecule has 0 atom stereocenters. The highest BCUT2D eigenvalue weighted by atomic mass is 33.1. The maximum absolute atomic E-state index is 13.6. The lowest BCUT2D eigenvalue weighted by molar-refractivity contribution is -0.117. The van der Waals surface area contributed by atoms with Crippen molar-refractivity contribution in [1.82, 2.24) is 39.9 Å². The minimum Gasteiger partial charge on any atom is -0.354 e. The Kier molecular flexibility index (Phi) is 31.7. The van der Waals surface area contributed by atoms with Gasteiger partial charge in [0.2, 0.25) is 11.8 Å². The van der Waals surface area contributed by atoms with E-state index in [1.165, 1.54) is 109 Å². The van der Waals surface area contributed by atoms with Crippen LogP contribution in [-0.4, -0.2) is 63.2 Å². The van der Waals surface area contributed by atoms with Gasteiger partial charge in [-0.1, -0.05) is 393 Å². The number of hydrogen-bond donors (Lipinski definition) is 6. The molecular formula is C134H148N10O2S2. The molecule has 4 aliphatic heterocycles. The number of anilines is 2. The smallest absolute Gasteiger partial charge is 0.224 e. The summed E-state index contributed by atoms with van der Waals surface area (Å²) in [5.41, 5.74) is 39.8. The van der Waals surface area contributed by atoms with Gasteiger partial charge in [-0.15, -0.1) is 0 Å². The number of aromatic amines is 4. The summed E-state index contributed by atoms with van der Waals surface area (Å²) in [7, 11) is 4.09. The van der Waals surface area contributed by atoms with Crippen molar-refractivity contribution in [3.63, 3.8) is 0 Å². The monoisotopic (exact) mass is 1990 g/mol. The van der Waals surface area contributed by atoms with Crippen LogP contribution in [-0.2, 0) is 42.1 Å². The van der Waals surface area contributed by atoms with E-state index in [2.05, 4.69) is 422 Å². The van der Waals surface area contributed by atoms with Crippen molar-refractivity contribution < 1.29 is 9.59 Å². The van der Waals surface area contributed by atoms with E-state index in [4.69, 9.17) is 19.9 Å². The average Bonchev–Trinajstić information content (AvgIpc) is 1.61. The van der Waals surface area contributed by atoms with Gasteiger partial charge in [-0.25, -0.2) is 19.9 Å². The second kappa shape index (κ2) is 45.0. The number of hydrogen-bond acceptors (Lipinski definition) is 8. The summed E-state index contributed by atoms with van der Waals surface area (Å²) in [6, 6.07) is 88.1. The van der Waals surface area contributed by atoms with Crippen LogP contribution in [0.2, 0.25) is 0 Å². The lowest BCUT2D eigenvalue weighted by Crippen LogP contribution is -2.10. The predicted molar refractivity (Wildman–Crippen MR) is 639 cm³/mol. The van der Waals surface area contributed by atoms with Crippen molar-refractivity contribution in [3.8, 4) is 89.0 Å². The van der Waals surface area contributed by atoms with Gasteiger partial charge in [0.25, 0.3) is 0 Å². The van der Waals surface area contributed by atoms with E-state index >= 15 is 0 Å². The number of unbranched alkanes of at least 4 members (excludes halogenated alkanes) is 14. The Hall–Kier alpha value is -13.4. The molecule has 6 aromatic heterocycles. The Balaban J connectivity index is 0.443. The van der Waals surface area contributed by atoms with Crippen molar-refractivity contribution in [2.75, 3.05) is 22.1 Å². The van der Waals surface area contributed by atoms with E-state index in [0.717, 1.165) is 229 Å². The number of carbonyl (C=O) groups is 2. The van der Waals surface area contributed by atoms with Crippen molar-refractivity contribution >= 4 is 138 Å². The molecule has 758 valence electrons. The molecule has 4 aliphatic rings. The molecule has 0 aliphatic carbocycles. The summed E-state index contributed by atoms with van der Waals surface area (Å²) in [5.74, 6) is 2.51. The zero-order chi connectivity index (χ0) is 104. The van der Waals surface area contributed by atoms with Crippen molar-refractivity contribution in [2.45, 2.75) is 273 Å². The summed E-state index contributed by atoms with van der Waals surface area (Å²) in [4.78, 5) is 65.5. The molecule has 0 unspecified atom stereocenters. The second-order valence-corrected chi connectivity index (χ2v) is 49.7. The number of fused-ring (bicyclic) bond motifs is 16. The van der Waals surface area contributed by atoms with E-state index in [1.54, 1.807) is 0 Å². The molecule has 14 aromatic rings. The quantitative estimate of drug-likeness (QED) is 0.0174. The van der Waals surface area contributed by atoms with E-state index in [-0.39, 0.29) is 44.3 Å². The molecule has 10 heterocycles. The molecule has 0 radical (unpaired) electrons. The SMILES string of the molecule is CC(C)(C)c1ccc(-c2c3nc(c(-c4ccc(C(C)(C)C)cc4)c4ccc([nH]4)c(-c4ccc(C(C)(C)C)cc4)c4nc(c(-c5ccc(NC(=O)CCCCCCCCCCSSCCCCCCCCCCC(=O)Nc6ccc(-c7c8nc(c(-c9ccc(C(C)(C)C)cc9)c9ccc([nH]9)c(-c9ccc(C(C)(C)C)cc9)c9nc(c(-c%10ccc(C(C)(C)C)cc%10)c%10ccc7[nH]%10)C=C9)C=C8)cc6)cc5)c5ccc2[nH]5)C=C4)C=C3)cc1. The Morgan fingerprint density at radius 3 is 0.514 bits per heavy atom. The number of amides is 2. The first-order valence-electron chi connectivity index (χ1n) is 54.0. The minimum absolute atomic E-state index is 0.00696. The third-order valence-corrected chi connectivity index (χ3v) is 32.1. The fourth-order valence-electron chi connectivity index (χ4n) is 20.7. The van der Waals surface area contributed by atoms with E-state index < -0.39 is 0 Å². The van der Waals surface area contributed by atoms with Crippen molar-refractivity contribution in [3.05, 3.63) is 322 Å². The van der Waals surface area contributed by atoms with Gasteiger partial charge in [-0.05, 0) is 257 Å². The summed E-state index contributed by atoms with van der Waals surface area (Å²) >= 11 is 0. The number of rotatable bonds is 33. The third kappa shape index (κ3) is 24.9. The van der Waals surface area contributed by atoms with Crippen LogP contribution in [0.15, 0.2) is 243 Å². The zero-order valence-electron chi connectivity index (χ0n) is 90.3. The molecular weight excluding hydrogens is 1850 g/mol. The molecule has 2 amide bonds. The Morgan fingerprint density at radius 1 is 0.203 bits per heavy atom. The predicted octanol–water partition coefficient (Wildman–Crippen LogP) is 37.7. The fraction of sp³-hybridized carbons (Fsp3) is 0.328. The van der Waals surface area contributed by atoms with Gasteiger partial charge < -0.3 is 30.6 Å². The molecule has 0 saturated carbocycles. The summed E-state index contributed by atoms with van der Waals surface area (Å²) in [6.07, 6.45) is 37.0. The summed E-state index contributed by atoms with van der Waals surface area (Å²) in [5, 5.41) is 6.48. The van der Waals surface area contributed by atoms with Crippen LogP contribution >= 0.6 is 21.6 Å². The lowest BCUT2D eigenvalue weighted by Gasteiger charge is -2.19. The second-order valence-electron chi connectivity index (χ2n) is 47.0. The first-order chi connectivity index (χ1) is 71.0. The Labute approximate surface area is 886 Å². The van der Waals surface area contributed by atoms with Gasteiger partial charge in [0.05, 0.1) is 45.6 Å². The molecule has 12 nitrogen and oxygen atoms in total. The Bertz CT molecular complexity index is 7080. The average molecular weight is 1990 g/mol. The van der Waals surface area contributed by atoms with Gasteiger partial charge in [0.15, 0.2) is 0 Å². The largest absolute Gasteiger partial charge is 0.354 e. The summed E-state index contributed by atoms with van der Waals surface area (Å²) in [6.45, 7) is 40.7. The summed E-state index contributed by atoms with van der Waals surface area (Å²) < 4.78 is 0. The highest BCUT2D eigenvalue weighted by Gasteiger charge is 2.28. The molecule has 18 rings (SSSR count). The first-order valence-corrected chi connectivity index (χ1v) is 56.5. The van der Waals surface area contributed by atoms with Crippen molar-refractivity contribution in [1.29, 1.82) is 0 Å². The highest BCUT2D eigenvalue weighted by molar-refractivity contribution is 8.76. The molecule has 6 N–H and O–H groups in total. The third-order valence-electron chi connectivity index (χ3n) is 29.5. The molecule has 8 aromatic carbocycles. The zero-order valence-corrected chi connectivity index (χ0v) is 91.9. The van der Waals surface area contributed by atoms with Gasteiger partial charge >= 0.3 is 0 Å². The van der Waals surface area contributed by atoms with Gasteiger partial charge in [0.1, 0.15) is 0 Å². The number of nitrogens with one attached hydrogen (secondary N) is 6. The fourth-order valence-corrected chi connectivity index (χ4v) is 23.0. The first kappa shape index (κ1) is 105. The number of carbonyl (C=O) groups excluding carboxylic acids is 2. The van der Waals surface area contributed by atoms with Crippen LogP contribution in [0.25, 0.3) is 182 Å². The van der Waals surface area contributed by atoms with E-state index in [9.17, 15) is 9.59 Å². The van der Waals surface area contributed by atoms with Crippen molar-refractivity contribution in [2.24, 2.45) is 0 Å². The number of H-pyrrole nitrogens is 4. The lowest BCUT2D eigenvalue weighted by atomic mass is 9.86. The molecule has 16 bridgehead atoms. The molecule has 0 fully saturated rings. The maximum Gasteiger partial charge on any atom is 0.224 e. The van der Waals surface area contributed by atoms with Crippen LogP contribution in [0.5, 0.6) is 0 Å². The number of nitrogens with zero attached hydrogens (tertiary/aromatic N) is 4. The maximum atomic E-state index is 13.6. The van der Waals surface area contributed by atoms with Crippen LogP contribution in [0.4, 0.5) is 11.4 Å². The van der Waals surface area contributed by atoms with Crippen LogP contribution in [0.3, 0.4) is 0 Å². The molecule has 0 saturated heterocycles. The van der Waals surface area contributed by atoms with Crippen LogP contribution in [0.1, 0.15) is 319 Å². The van der Waals surface area contributed by atoms with Gasteiger partial charge in [-0.2, -0.15) is 0 Å². The van der Waals surface area contributed by atoms with E-state index in [0.29, 0.717) is 12.8 Å². The Morgan fingerprint density at radius 2 is 0.351 bits per heavy atom. The topological polar surface area (TPSA) is 173 Å². The normalized spacial score (nSPS) is 12.8. The standard InChI is InChI=1S/C134H148N10O2S2/c1-129(2,3)95-53-37-87(38-54-95)121-103-69-73-107(137-103)123(89-41-57-97(58-42-89)131(7,8)9)111-77-81-115(141-111)127(116-82-78-112(142-116)124(108-74-70-104(121)138-108)90-43-59-98(60-44-90)132(10,11)12)93-49-65-101(66-50-93)135-119(145)35-31-27-23-19-21-25-29-33-85-147-148-86-34-30-26-22-20-24-28-32-36-120(146)136-102-67-51-94(52-68-102)128-117-83-79-113(143-117)125(91-45-61-99(62-46-91)133(13,14)15)109-75-71-105(139-109)122(88-39-55-96(56-40-88)130(4,5)6)106-72-76-110(140-106)126(114-80-84-118(128)144-114)92-47-63-100(64-48-92)134(16,17)18/h37-84,137,139,142,144H,19-36,85-86H2,1-18H3,(H,135,145)(H,136,146). The van der Waals surface area contributed by atoms with Crippen LogP contribution < -0.4 is 10.6 Å². The molecule has 14 heteroatoms. The molecule has 148 heavy (non-hydrogen) atoms.